The van der Waals surface area contributed by atoms with Gasteiger partial charge < -0.3 is 19.5 Å². The van der Waals surface area contributed by atoms with Crippen molar-refractivity contribution in [3.63, 3.8) is 0 Å². The topological polar surface area (TPSA) is 122 Å². The average Bonchev–Trinajstić information content (AvgIpc) is 3.43. The van der Waals surface area contributed by atoms with Crippen molar-refractivity contribution in [1.29, 1.82) is 0 Å². The Morgan fingerprint density at radius 2 is 2.00 bits per heavy atom. The van der Waals surface area contributed by atoms with Gasteiger partial charge in [0.2, 0.25) is 15.9 Å². The Labute approximate surface area is 240 Å². The number of ether oxygens (including phenoxy) is 2. The van der Waals surface area contributed by atoms with E-state index in [1.807, 2.05) is 24.5 Å². The summed E-state index contributed by atoms with van der Waals surface area (Å²) in [5.41, 5.74) is 0.474. The number of hydrogen-bond acceptors (Lipinski definition) is 10. The van der Waals surface area contributed by atoms with Crippen molar-refractivity contribution in [2.45, 2.75) is 42.7 Å². The third-order valence-corrected chi connectivity index (χ3v) is 9.65. The molecule has 1 amide bonds. The summed E-state index contributed by atoms with van der Waals surface area (Å²) in [5, 5.41) is 2.93. The van der Waals surface area contributed by atoms with Crippen molar-refractivity contribution in [2.24, 2.45) is 0 Å². The van der Waals surface area contributed by atoms with Crippen molar-refractivity contribution in [3.8, 4) is 11.6 Å². The first kappa shape index (κ1) is 28.3. The van der Waals surface area contributed by atoms with Crippen LogP contribution in [0.1, 0.15) is 36.0 Å². The van der Waals surface area contributed by atoms with Gasteiger partial charge in [-0.15, -0.1) is 11.8 Å². The molecule has 0 saturated heterocycles. The number of amides is 1. The monoisotopic (exact) mass is 605 g/mol. The molecule has 0 spiro atoms. The van der Waals surface area contributed by atoms with Crippen LogP contribution in [0.3, 0.4) is 0 Å². The number of hydrogen-bond donors (Lipinski definition) is 3. The molecule has 1 saturated carbocycles. The van der Waals surface area contributed by atoms with Crippen LogP contribution in [-0.2, 0) is 14.8 Å². The molecule has 0 bridgehead atoms. The van der Waals surface area contributed by atoms with Crippen LogP contribution in [0.4, 0.5) is 4.39 Å². The average molecular weight is 606 g/mol. The fourth-order valence-corrected chi connectivity index (χ4v) is 7.43. The van der Waals surface area contributed by atoms with E-state index in [1.54, 1.807) is 40.6 Å². The van der Waals surface area contributed by atoms with Crippen LogP contribution in [0.15, 0.2) is 76.3 Å². The van der Waals surface area contributed by atoms with Gasteiger partial charge in [-0.25, -0.2) is 22.5 Å². The summed E-state index contributed by atoms with van der Waals surface area (Å²) in [6.45, 7) is 0. The molecule has 0 atom stereocenters. The summed E-state index contributed by atoms with van der Waals surface area (Å²) in [6.07, 6.45) is 10.00. The number of rotatable bonds is 9. The molecule has 3 aliphatic rings. The number of nitrogens with one attached hydrogen (secondary N) is 3. The second-order valence-electron chi connectivity index (χ2n) is 9.21. The Balaban J connectivity index is 1.22. The van der Waals surface area contributed by atoms with Crippen LogP contribution < -0.4 is 19.5 Å². The predicted molar refractivity (Wildman–Crippen MR) is 152 cm³/mol. The lowest BCUT2D eigenvalue weighted by molar-refractivity contribution is 0.0921. The molecule has 5 rings (SSSR count). The summed E-state index contributed by atoms with van der Waals surface area (Å²) in [7, 11) is -2.46. The van der Waals surface area contributed by atoms with E-state index in [4.69, 9.17) is 9.47 Å². The highest BCUT2D eigenvalue weighted by atomic mass is 32.2. The molecule has 0 radical (unpaired) electrons. The number of allylic oxidation sites excluding steroid dienone is 1. The van der Waals surface area contributed by atoms with E-state index in [0.717, 1.165) is 17.2 Å². The van der Waals surface area contributed by atoms with Crippen LogP contribution in [-0.4, -0.2) is 49.1 Å². The summed E-state index contributed by atoms with van der Waals surface area (Å²) in [5.74, 6) is -0.416. The number of pyridine rings is 1. The first-order chi connectivity index (χ1) is 19.3. The SMILES string of the molecule is COC1=C(S(=O)(=O)NC2CCC(NC(=O)c3cc(F)cnc3Oc3cccc(SC)c3)CC2)C2=CNSN2C=C1. The van der Waals surface area contributed by atoms with Gasteiger partial charge in [0.15, 0.2) is 0 Å². The van der Waals surface area contributed by atoms with Gasteiger partial charge >= 0.3 is 0 Å². The fourth-order valence-electron chi connectivity index (χ4n) is 4.64. The Hall–Kier alpha value is -3.20. The molecule has 1 aromatic heterocycles. The van der Waals surface area contributed by atoms with Crippen LogP contribution in [0, 0.1) is 5.82 Å². The highest BCUT2D eigenvalue weighted by molar-refractivity contribution is 7.98. The van der Waals surface area contributed by atoms with Gasteiger partial charge in [-0.05, 0) is 62.3 Å². The quantitative estimate of drug-likeness (QED) is 0.280. The number of methoxy groups -OCH3 is 1. The summed E-state index contributed by atoms with van der Waals surface area (Å²) >= 11 is 2.80. The molecule has 2 aliphatic heterocycles. The minimum absolute atomic E-state index is 0.00488. The number of aromatic nitrogens is 1. The Morgan fingerprint density at radius 1 is 1.23 bits per heavy atom. The Bertz CT molecular complexity index is 1490. The molecule has 40 heavy (non-hydrogen) atoms. The van der Waals surface area contributed by atoms with Gasteiger partial charge in [-0.1, -0.05) is 6.07 Å². The zero-order valence-corrected chi connectivity index (χ0v) is 24.2. The van der Waals surface area contributed by atoms with Gasteiger partial charge in [0.1, 0.15) is 27.8 Å². The van der Waals surface area contributed by atoms with Crippen LogP contribution in [0.25, 0.3) is 0 Å². The number of carbonyl (C=O) groups excluding carboxylic acids is 1. The lowest BCUT2D eigenvalue weighted by Gasteiger charge is -2.31. The predicted octanol–water partition coefficient (Wildman–Crippen LogP) is 4.39. The highest BCUT2D eigenvalue weighted by Gasteiger charge is 2.36. The zero-order valence-electron chi connectivity index (χ0n) is 21.7. The van der Waals surface area contributed by atoms with Gasteiger partial charge in [-0.3, -0.25) is 9.10 Å². The molecule has 2 aromatic rings. The Morgan fingerprint density at radius 3 is 2.75 bits per heavy atom. The number of sulfonamides is 1. The Kier molecular flexibility index (Phi) is 8.59. The van der Waals surface area contributed by atoms with Crippen molar-refractivity contribution in [3.05, 3.63) is 82.7 Å². The molecule has 212 valence electrons. The minimum Gasteiger partial charge on any atom is -0.495 e. The van der Waals surface area contributed by atoms with Crippen LogP contribution in [0.2, 0.25) is 0 Å². The zero-order chi connectivity index (χ0) is 28.3. The molecule has 1 fully saturated rings. The number of benzene rings is 1. The molecule has 3 N–H and O–H groups in total. The van der Waals surface area contributed by atoms with Crippen molar-refractivity contribution < 1.29 is 27.1 Å². The maximum absolute atomic E-state index is 14.0. The molecule has 1 aromatic carbocycles. The number of halogens is 1. The number of nitrogens with zero attached hydrogens (tertiary/aromatic N) is 2. The van der Waals surface area contributed by atoms with Crippen molar-refractivity contribution in [1.82, 2.24) is 24.1 Å². The van der Waals surface area contributed by atoms with E-state index in [2.05, 4.69) is 19.7 Å². The summed E-state index contributed by atoms with van der Waals surface area (Å²) in [4.78, 5) is 18.2. The van der Waals surface area contributed by atoms with E-state index in [0.29, 0.717) is 37.1 Å². The highest BCUT2D eigenvalue weighted by Crippen LogP contribution is 2.36. The van der Waals surface area contributed by atoms with E-state index in [9.17, 15) is 17.6 Å². The van der Waals surface area contributed by atoms with E-state index < -0.39 is 21.7 Å². The van der Waals surface area contributed by atoms with Crippen molar-refractivity contribution >= 4 is 39.8 Å². The maximum Gasteiger partial charge on any atom is 0.257 e. The molecular formula is C26H28FN5O5S3. The third kappa shape index (κ3) is 6.24. The van der Waals surface area contributed by atoms with E-state index >= 15 is 0 Å². The molecule has 0 unspecified atom stereocenters. The van der Waals surface area contributed by atoms with Crippen LogP contribution in [0.5, 0.6) is 11.6 Å². The second-order valence-corrected chi connectivity index (χ2v) is 12.6. The van der Waals surface area contributed by atoms with Crippen LogP contribution >= 0.6 is 23.9 Å². The first-order valence-corrected chi connectivity index (χ1v) is 15.9. The van der Waals surface area contributed by atoms with Crippen molar-refractivity contribution in [2.75, 3.05) is 13.4 Å². The smallest absolute Gasteiger partial charge is 0.257 e. The summed E-state index contributed by atoms with van der Waals surface area (Å²) in [6, 6.07) is 7.87. The number of carbonyl (C=O) groups is 1. The molecule has 10 nitrogen and oxygen atoms in total. The molecule has 3 heterocycles. The first-order valence-electron chi connectivity index (χ1n) is 12.5. The lowest BCUT2D eigenvalue weighted by Crippen LogP contribution is -2.44. The largest absolute Gasteiger partial charge is 0.495 e. The second kappa shape index (κ2) is 12.1. The molecular weight excluding hydrogens is 578 g/mol. The third-order valence-electron chi connectivity index (χ3n) is 6.59. The number of fused-ring (bicyclic) bond motifs is 1. The molecule has 14 heteroatoms. The number of thioether (sulfide) groups is 1. The minimum atomic E-state index is -3.89. The molecule has 1 aliphatic carbocycles. The van der Waals surface area contributed by atoms with E-state index in [1.165, 1.54) is 19.2 Å². The standard InChI is InChI=1S/C26H28FN5O5S3/c1-36-23-10-11-32-22(15-29-39-32)24(23)40(34,35)31-18-8-6-17(7-9-18)30-25(33)21-12-16(27)14-28-26(21)37-19-4-3-5-20(13-19)38-2/h3-5,10-15,17-18,29,31H,6-9H2,1-2H3,(H,30,33). The van der Waals surface area contributed by atoms with Gasteiger partial charge in [-0.2, -0.15) is 0 Å². The lowest BCUT2D eigenvalue weighted by atomic mass is 9.91. The normalized spacial score (nSPS) is 20.5. The summed E-state index contributed by atoms with van der Waals surface area (Å²) < 4.78 is 59.4. The fraction of sp³-hybridized carbons (Fsp3) is 0.308. The van der Waals surface area contributed by atoms with Gasteiger partial charge in [0, 0.05) is 29.4 Å². The van der Waals surface area contributed by atoms with Gasteiger partial charge in [0.25, 0.3) is 5.91 Å². The van der Waals surface area contributed by atoms with E-state index in [-0.39, 0.29) is 34.2 Å². The maximum atomic E-state index is 14.0. The van der Waals surface area contributed by atoms with Gasteiger partial charge in [0.05, 0.1) is 31.1 Å².